The van der Waals surface area contributed by atoms with Crippen LogP contribution in [0.2, 0.25) is 0 Å². The Morgan fingerprint density at radius 1 is 1.29 bits per heavy atom. The molecule has 1 heterocycles. The van der Waals surface area contributed by atoms with Crippen LogP contribution in [0.1, 0.15) is 27.2 Å². The van der Waals surface area contributed by atoms with Gasteiger partial charge in [0.05, 0.1) is 11.0 Å². The molecule has 122 valence electrons. The van der Waals surface area contributed by atoms with Gasteiger partial charge in [-0.3, -0.25) is 9.69 Å². The Morgan fingerprint density at radius 2 is 1.76 bits per heavy atom. The van der Waals surface area contributed by atoms with Gasteiger partial charge in [0.1, 0.15) is 4.75 Å². The lowest BCUT2D eigenvalue weighted by atomic mass is 10.1. The van der Waals surface area contributed by atoms with E-state index in [1.165, 1.54) is 13.8 Å². The summed E-state index contributed by atoms with van der Waals surface area (Å²) < 4.78 is 22.1. The maximum atomic E-state index is 12.4. The number of carbonyl (C=O) groups is 1. The van der Waals surface area contributed by atoms with Crippen molar-refractivity contribution in [2.24, 2.45) is 5.73 Å². The normalized spacial score (nSPS) is 19.3. The van der Waals surface area contributed by atoms with Gasteiger partial charge in [-0.1, -0.05) is 19.1 Å². The first-order valence-corrected chi connectivity index (χ1v) is 9.34. The van der Waals surface area contributed by atoms with E-state index in [1.54, 1.807) is 4.90 Å². The second-order valence-corrected chi connectivity index (χ2v) is 8.97. The van der Waals surface area contributed by atoms with Crippen LogP contribution >= 0.6 is 12.2 Å². The van der Waals surface area contributed by atoms with Crippen LogP contribution in [0.3, 0.4) is 0 Å². The number of sulfone groups is 1. The van der Waals surface area contributed by atoms with Crippen molar-refractivity contribution in [3.05, 3.63) is 0 Å². The predicted molar refractivity (Wildman–Crippen MR) is 87.9 cm³/mol. The highest BCUT2D eigenvalue weighted by molar-refractivity contribution is 7.92. The fourth-order valence-corrected chi connectivity index (χ4v) is 3.18. The number of nitrogens with two attached hydrogens (primary N) is 1. The molecule has 21 heavy (non-hydrogen) atoms. The first-order chi connectivity index (χ1) is 9.52. The summed E-state index contributed by atoms with van der Waals surface area (Å²) in [4.78, 5) is 16.7. The van der Waals surface area contributed by atoms with Gasteiger partial charge in [-0.05, 0) is 20.3 Å². The van der Waals surface area contributed by atoms with Crippen LogP contribution in [0, 0.1) is 0 Å². The molecule has 0 saturated carbocycles. The van der Waals surface area contributed by atoms with E-state index >= 15 is 0 Å². The molecule has 0 aliphatic carbocycles. The summed E-state index contributed by atoms with van der Waals surface area (Å²) in [5.74, 6) is -0.340. The number of rotatable bonds is 5. The minimum Gasteiger partial charge on any atom is -0.392 e. The van der Waals surface area contributed by atoms with Gasteiger partial charge in [0.15, 0.2) is 9.84 Å². The van der Waals surface area contributed by atoms with Crippen molar-refractivity contribution in [3.63, 3.8) is 0 Å². The number of nitrogens with zero attached hydrogens (tertiary/aromatic N) is 2. The van der Waals surface area contributed by atoms with Gasteiger partial charge in [0.2, 0.25) is 5.91 Å². The third kappa shape index (κ3) is 3.92. The maximum Gasteiger partial charge on any atom is 0.243 e. The van der Waals surface area contributed by atoms with Crippen molar-refractivity contribution in [1.82, 2.24) is 9.80 Å². The van der Waals surface area contributed by atoms with E-state index in [2.05, 4.69) is 4.90 Å². The number of hydrogen-bond acceptors (Lipinski definition) is 5. The highest BCUT2D eigenvalue weighted by Crippen LogP contribution is 2.20. The topological polar surface area (TPSA) is 83.7 Å². The minimum atomic E-state index is -3.44. The SMILES string of the molecule is CCC(C(N)=S)N1CCN(C(=O)C(C)(C)S(C)(=O)=O)CC1. The third-order valence-electron chi connectivity index (χ3n) is 4.20. The number of thiocarbonyl (C=S) groups is 1. The van der Waals surface area contributed by atoms with Crippen LogP contribution in [0.25, 0.3) is 0 Å². The van der Waals surface area contributed by atoms with E-state index in [0.29, 0.717) is 31.2 Å². The molecule has 1 amide bonds. The summed E-state index contributed by atoms with van der Waals surface area (Å²) in [6.07, 6.45) is 1.93. The van der Waals surface area contributed by atoms with Crippen molar-refractivity contribution in [2.75, 3.05) is 32.4 Å². The summed E-state index contributed by atoms with van der Waals surface area (Å²) in [6, 6.07) is 0.0418. The summed E-state index contributed by atoms with van der Waals surface area (Å²) >= 11 is 5.06. The molecule has 1 atom stereocenters. The zero-order chi connectivity index (χ0) is 16.4. The molecule has 8 heteroatoms. The van der Waals surface area contributed by atoms with Gasteiger partial charge in [0, 0.05) is 32.4 Å². The summed E-state index contributed by atoms with van der Waals surface area (Å²) in [6.45, 7) is 7.24. The number of piperazine rings is 1. The molecular formula is C13H25N3O3S2. The van der Waals surface area contributed by atoms with E-state index in [1.807, 2.05) is 6.92 Å². The Kier molecular flexibility index (Phi) is 5.74. The fraction of sp³-hybridized carbons (Fsp3) is 0.846. The van der Waals surface area contributed by atoms with Crippen LogP contribution in [0.5, 0.6) is 0 Å². The van der Waals surface area contributed by atoms with Crippen molar-refractivity contribution in [2.45, 2.75) is 38.0 Å². The first kappa shape index (κ1) is 18.3. The van der Waals surface area contributed by atoms with Crippen molar-refractivity contribution in [1.29, 1.82) is 0 Å². The quantitative estimate of drug-likeness (QED) is 0.713. The lowest BCUT2D eigenvalue weighted by Crippen LogP contribution is -2.58. The maximum absolute atomic E-state index is 12.4. The summed E-state index contributed by atoms with van der Waals surface area (Å²) in [5.41, 5.74) is 5.73. The molecular weight excluding hydrogens is 310 g/mol. The van der Waals surface area contributed by atoms with Crippen LogP contribution in [0.15, 0.2) is 0 Å². The molecule has 1 aliphatic rings. The standard InChI is InChI=1S/C13H25N3O3S2/c1-5-10(11(14)20)15-6-8-16(9-7-15)12(17)13(2,3)21(4,18)19/h10H,5-9H2,1-4H3,(H2,14,20). The summed E-state index contributed by atoms with van der Waals surface area (Å²) in [5, 5.41) is 0. The molecule has 6 nitrogen and oxygen atoms in total. The molecule has 0 spiro atoms. The van der Waals surface area contributed by atoms with Gasteiger partial charge < -0.3 is 10.6 Å². The zero-order valence-electron chi connectivity index (χ0n) is 13.1. The fourth-order valence-electron chi connectivity index (χ4n) is 2.42. The third-order valence-corrected chi connectivity index (χ3v) is 6.50. The summed E-state index contributed by atoms with van der Waals surface area (Å²) in [7, 11) is -3.44. The molecule has 0 aromatic rings. The molecule has 0 aromatic heterocycles. The monoisotopic (exact) mass is 335 g/mol. The second kappa shape index (κ2) is 6.58. The van der Waals surface area contributed by atoms with E-state index in [9.17, 15) is 13.2 Å². The largest absolute Gasteiger partial charge is 0.392 e. The van der Waals surface area contributed by atoms with E-state index < -0.39 is 14.6 Å². The predicted octanol–water partition coefficient (Wildman–Crippen LogP) is 0.0185. The Balaban J connectivity index is 2.73. The lowest BCUT2D eigenvalue weighted by molar-refractivity contribution is -0.135. The molecule has 1 unspecified atom stereocenters. The number of amides is 1. The van der Waals surface area contributed by atoms with E-state index in [-0.39, 0.29) is 11.9 Å². The average Bonchev–Trinajstić information content (AvgIpc) is 2.37. The smallest absolute Gasteiger partial charge is 0.243 e. The van der Waals surface area contributed by atoms with Crippen LogP contribution in [-0.4, -0.2) is 72.3 Å². The molecule has 2 N–H and O–H groups in total. The van der Waals surface area contributed by atoms with Gasteiger partial charge in [-0.25, -0.2) is 8.42 Å². The second-order valence-electron chi connectivity index (χ2n) is 5.94. The molecule has 1 fully saturated rings. The van der Waals surface area contributed by atoms with Crippen molar-refractivity contribution >= 4 is 33.0 Å². The Bertz CT molecular complexity index is 509. The molecule has 1 rings (SSSR count). The molecule has 0 radical (unpaired) electrons. The lowest BCUT2D eigenvalue weighted by Gasteiger charge is -2.40. The highest BCUT2D eigenvalue weighted by Gasteiger charge is 2.42. The van der Waals surface area contributed by atoms with Gasteiger partial charge in [-0.2, -0.15) is 0 Å². The Hall–Kier alpha value is -0.730. The average molecular weight is 335 g/mol. The van der Waals surface area contributed by atoms with Gasteiger partial charge in [-0.15, -0.1) is 0 Å². The Labute approximate surface area is 132 Å². The molecule has 1 aliphatic heterocycles. The number of carbonyl (C=O) groups excluding carboxylic acids is 1. The van der Waals surface area contributed by atoms with Crippen molar-refractivity contribution in [3.8, 4) is 0 Å². The molecule has 0 aromatic carbocycles. The number of hydrogen-bond donors (Lipinski definition) is 1. The first-order valence-electron chi connectivity index (χ1n) is 7.04. The Morgan fingerprint density at radius 3 is 2.10 bits per heavy atom. The van der Waals surface area contributed by atoms with Crippen LogP contribution in [0.4, 0.5) is 0 Å². The van der Waals surface area contributed by atoms with Gasteiger partial charge in [0.25, 0.3) is 0 Å². The van der Waals surface area contributed by atoms with E-state index in [4.69, 9.17) is 18.0 Å². The highest BCUT2D eigenvalue weighted by atomic mass is 32.2. The van der Waals surface area contributed by atoms with Crippen molar-refractivity contribution < 1.29 is 13.2 Å². The van der Waals surface area contributed by atoms with Gasteiger partial charge >= 0.3 is 0 Å². The van der Waals surface area contributed by atoms with Crippen LogP contribution in [-0.2, 0) is 14.6 Å². The minimum absolute atomic E-state index is 0.0418. The molecule has 0 bridgehead atoms. The zero-order valence-corrected chi connectivity index (χ0v) is 14.8. The molecule has 1 saturated heterocycles. The van der Waals surface area contributed by atoms with E-state index in [0.717, 1.165) is 12.7 Å². The van der Waals surface area contributed by atoms with Crippen LogP contribution < -0.4 is 5.73 Å².